The Morgan fingerprint density at radius 1 is 1.00 bits per heavy atom. The van der Waals surface area contributed by atoms with Crippen molar-refractivity contribution in [2.75, 3.05) is 13.7 Å². The van der Waals surface area contributed by atoms with E-state index in [9.17, 15) is 14.0 Å². The fourth-order valence-corrected chi connectivity index (χ4v) is 3.38. The minimum Gasteiger partial charge on any atom is -0.497 e. The van der Waals surface area contributed by atoms with E-state index in [0.717, 1.165) is 17.7 Å². The van der Waals surface area contributed by atoms with E-state index in [2.05, 4.69) is 5.32 Å². The first-order chi connectivity index (χ1) is 15.9. The third-order valence-corrected chi connectivity index (χ3v) is 5.52. The molecule has 2 aromatic carbocycles. The Kier molecular flexibility index (Phi) is 10.7. The zero-order chi connectivity index (χ0) is 24.2. The average molecular weight is 459 g/mol. The molecular weight excluding hydrogens is 423 g/mol. The number of halogens is 1. The lowest BCUT2D eigenvalue weighted by atomic mass is 10.1. The van der Waals surface area contributed by atoms with Gasteiger partial charge in [-0.2, -0.15) is 0 Å². The quantitative estimate of drug-likeness (QED) is 0.441. The minimum atomic E-state index is -0.598. The zero-order valence-corrected chi connectivity index (χ0v) is 20.0. The molecule has 2 rings (SSSR count). The van der Waals surface area contributed by atoms with Gasteiger partial charge in [0.05, 0.1) is 13.7 Å². The number of methoxy groups -OCH3 is 1. The number of carbonyl (C=O) groups excluding carboxylic acids is 2. The van der Waals surface area contributed by atoms with Gasteiger partial charge < -0.3 is 19.7 Å². The van der Waals surface area contributed by atoms with E-state index in [4.69, 9.17) is 9.47 Å². The van der Waals surface area contributed by atoms with Crippen LogP contribution in [-0.2, 0) is 16.1 Å². The van der Waals surface area contributed by atoms with Crippen molar-refractivity contribution in [1.29, 1.82) is 0 Å². The summed E-state index contributed by atoms with van der Waals surface area (Å²) in [6.45, 7) is 6.44. The third kappa shape index (κ3) is 8.40. The Morgan fingerprint density at radius 3 is 2.21 bits per heavy atom. The van der Waals surface area contributed by atoms with Crippen LogP contribution in [0.1, 0.15) is 52.0 Å². The molecule has 0 fully saturated rings. The van der Waals surface area contributed by atoms with Crippen molar-refractivity contribution in [3.8, 4) is 11.5 Å². The molecule has 33 heavy (non-hydrogen) atoms. The third-order valence-electron chi connectivity index (χ3n) is 5.52. The van der Waals surface area contributed by atoms with Crippen molar-refractivity contribution in [3.63, 3.8) is 0 Å². The first kappa shape index (κ1) is 26.2. The van der Waals surface area contributed by atoms with Crippen LogP contribution in [0.2, 0.25) is 0 Å². The highest BCUT2D eigenvalue weighted by molar-refractivity contribution is 5.87. The maximum atomic E-state index is 13.3. The molecule has 0 radical (unpaired) electrons. The number of amides is 2. The van der Waals surface area contributed by atoms with Crippen molar-refractivity contribution >= 4 is 11.8 Å². The van der Waals surface area contributed by atoms with Gasteiger partial charge in [-0.3, -0.25) is 9.59 Å². The summed E-state index contributed by atoms with van der Waals surface area (Å²) in [5.74, 6) is 0.801. The van der Waals surface area contributed by atoms with Gasteiger partial charge in [-0.05, 0) is 68.1 Å². The molecule has 0 saturated carbocycles. The van der Waals surface area contributed by atoms with E-state index < -0.39 is 6.04 Å². The Bertz CT molecular complexity index is 871. The largest absolute Gasteiger partial charge is 0.497 e. The number of hydrogen-bond donors (Lipinski definition) is 1. The summed E-state index contributed by atoms with van der Waals surface area (Å²) in [4.78, 5) is 27.7. The molecule has 0 spiro atoms. The molecule has 1 N–H and O–H groups in total. The molecule has 0 aromatic heterocycles. The maximum absolute atomic E-state index is 13.3. The number of ether oxygens (including phenoxy) is 2. The summed E-state index contributed by atoms with van der Waals surface area (Å²) >= 11 is 0. The highest BCUT2D eigenvalue weighted by Crippen LogP contribution is 2.18. The SMILES string of the molecule is CC[C@H](C)NC(=O)[C@H](CC)N(Cc1ccc(F)cc1)C(=O)CCCOc1ccc(OC)cc1. The van der Waals surface area contributed by atoms with Gasteiger partial charge in [0.2, 0.25) is 11.8 Å². The molecular formula is C26H35FN2O4. The minimum absolute atomic E-state index is 0.0206. The highest BCUT2D eigenvalue weighted by Gasteiger charge is 2.28. The Balaban J connectivity index is 2.04. The molecule has 2 atom stereocenters. The molecule has 0 unspecified atom stereocenters. The van der Waals surface area contributed by atoms with Crippen LogP contribution >= 0.6 is 0 Å². The Morgan fingerprint density at radius 2 is 1.64 bits per heavy atom. The van der Waals surface area contributed by atoms with E-state index in [0.29, 0.717) is 25.2 Å². The summed E-state index contributed by atoms with van der Waals surface area (Å²) in [6, 6.07) is 12.7. The Hall–Kier alpha value is -3.09. The van der Waals surface area contributed by atoms with Crippen LogP contribution in [0, 0.1) is 5.82 Å². The first-order valence-corrected chi connectivity index (χ1v) is 11.5. The van der Waals surface area contributed by atoms with Crippen molar-refractivity contribution < 1.29 is 23.5 Å². The van der Waals surface area contributed by atoms with Crippen molar-refractivity contribution in [2.45, 2.75) is 65.1 Å². The Labute approximate surface area is 196 Å². The molecule has 7 heteroatoms. The summed E-state index contributed by atoms with van der Waals surface area (Å²) in [7, 11) is 1.60. The van der Waals surface area contributed by atoms with E-state index in [-0.39, 0.29) is 36.6 Å². The average Bonchev–Trinajstić information content (AvgIpc) is 2.83. The number of nitrogens with one attached hydrogen (secondary N) is 1. The van der Waals surface area contributed by atoms with Gasteiger partial charge in [0, 0.05) is 19.0 Å². The van der Waals surface area contributed by atoms with Crippen molar-refractivity contribution in [1.82, 2.24) is 10.2 Å². The van der Waals surface area contributed by atoms with Gasteiger partial charge in [0.1, 0.15) is 23.4 Å². The molecule has 0 aliphatic rings. The molecule has 6 nitrogen and oxygen atoms in total. The zero-order valence-electron chi connectivity index (χ0n) is 20.0. The van der Waals surface area contributed by atoms with Crippen LogP contribution in [0.25, 0.3) is 0 Å². The van der Waals surface area contributed by atoms with E-state index in [1.807, 2.05) is 45.0 Å². The van der Waals surface area contributed by atoms with Crippen LogP contribution in [-0.4, -0.2) is 42.5 Å². The lowest BCUT2D eigenvalue weighted by Crippen LogP contribution is -2.50. The lowest BCUT2D eigenvalue weighted by molar-refractivity contribution is -0.141. The molecule has 0 heterocycles. The van der Waals surface area contributed by atoms with Gasteiger partial charge in [-0.1, -0.05) is 26.0 Å². The second-order valence-corrected chi connectivity index (χ2v) is 8.02. The van der Waals surface area contributed by atoms with Gasteiger partial charge in [-0.15, -0.1) is 0 Å². The number of benzene rings is 2. The molecule has 0 aliphatic heterocycles. The van der Waals surface area contributed by atoms with Gasteiger partial charge in [0.15, 0.2) is 0 Å². The summed E-state index contributed by atoms with van der Waals surface area (Å²) in [5.41, 5.74) is 0.772. The standard InChI is InChI=1S/C26H35FN2O4/c1-5-19(3)28-26(31)24(6-2)29(18-20-9-11-21(27)12-10-20)25(30)8-7-17-33-23-15-13-22(32-4)14-16-23/h9-16,19,24H,5-8,17-18H2,1-4H3,(H,28,31)/t19-,24-/m0/s1. The van der Waals surface area contributed by atoms with Crippen molar-refractivity contribution in [3.05, 3.63) is 59.9 Å². The molecule has 0 saturated heterocycles. The smallest absolute Gasteiger partial charge is 0.243 e. The second kappa shape index (κ2) is 13.5. The predicted octanol–water partition coefficient (Wildman–Crippen LogP) is 4.72. The normalized spacial score (nSPS) is 12.5. The van der Waals surface area contributed by atoms with E-state index in [1.54, 1.807) is 24.1 Å². The molecule has 2 aromatic rings. The van der Waals surface area contributed by atoms with Crippen LogP contribution in [0.3, 0.4) is 0 Å². The first-order valence-electron chi connectivity index (χ1n) is 11.5. The monoisotopic (exact) mass is 458 g/mol. The molecule has 180 valence electrons. The maximum Gasteiger partial charge on any atom is 0.243 e. The molecule has 0 aliphatic carbocycles. The fourth-order valence-electron chi connectivity index (χ4n) is 3.38. The number of hydrogen-bond acceptors (Lipinski definition) is 4. The highest BCUT2D eigenvalue weighted by atomic mass is 19.1. The number of carbonyl (C=O) groups is 2. The molecule has 2 amide bonds. The molecule has 0 bridgehead atoms. The van der Waals surface area contributed by atoms with Crippen molar-refractivity contribution in [2.24, 2.45) is 0 Å². The van der Waals surface area contributed by atoms with Gasteiger partial charge >= 0.3 is 0 Å². The van der Waals surface area contributed by atoms with Crippen LogP contribution in [0.15, 0.2) is 48.5 Å². The van der Waals surface area contributed by atoms with Crippen LogP contribution in [0.5, 0.6) is 11.5 Å². The summed E-state index contributed by atoms with van der Waals surface area (Å²) in [6.07, 6.45) is 2.03. The second-order valence-electron chi connectivity index (χ2n) is 8.02. The number of rotatable bonds is 13. The summed E-state index contributed by atoms with van der Waals surface area (Å²) in [5, 5.41) is 2.98. The topological polar surface area (TPSA) is 67.9 Å². The lowest BCUT2D eigenvalue weighted by Gasteiger charge is -2.31. The predicted molar refractivity (Wildman–Crippen MR) is 127 cm³/mol. The summed E-state index contributed by atoms with van der Waals surface area (Å²) < 4.78 is 24.2. The van der Waals surface area contributed by atoms with Crippen LogP contribution in [0.4, 0.5) is 4.39 Å². The fraction of sp³-hybridized carbons (Fsp3) is 0.462. The van der Waals surface area contributed by atoms with E-state index in [1.165, 1.54) is 12.1 Å². The van der Waals surface area contributed by atoms with E-state index >= 15 is 0 Å². The van der Waals surface area contributed by atoms with Gasteiger partial charge in [-0.25, -0.2) is 4.39 Å². The van der Waals surface area contributed by atoms with Gasteiger partial charge in [0.25, 0.3) is 0 Å². The van der Waals surface area contributed by atoms with Crippen LogP contribution < -0.4 is 14.8 Å². The number of nitrogens with zero attached hydrogens (tertiary/aromatic N) is 1.